The second kappa shape index (κ2) is 5.69. The Hall–Kier alpha value is -1.94. The molecule has 124 valence electrons. The van der Waals surface area contributed by atoms with E-state index in [1.54, 1.807) is 0 Å². The first-order valence-corrected chi connectivity index (χ1v) is 5.75. The van der Waals surface area contributed by atoms with E-state index in [0.29, 0.717) is 0 Å². The van der Waals surface area contributed by atoms with Crippen LogP contribution in [0.2, 0.25) is 0 Å². The summed E-state index contributed by atoms with van der Waals surface area (Å²) >= 11 is 0. The molecule has 0 spiro atoms. The molecule has 0 aromatic carbocycles. The predicted octanol–water partition coefficient (Wildman–Crippen LogP) is 1.55. The van der Waals surface area contributed by atoms with Crippen LogP contribution < -0.4 is 0 Å². The Morgan fingerprint density at radius 3 is 1.41 bits per heavy atom. The van der Waals surface area contributed by atoms with Crippen LogP contribution in [0.5, 0.6) is 0 Å². The third-order valence-electron chi connectivity index (χ3n) is 3.27. The van der Waals surface area contributed by atoms with E-state index < -0.39 is 66.3 Å². The van der Waals surface area contributed by atoms with Gasteiger partial charge >= 0.3 is 18.3 Å². The summed E-state index contributed by atoms with van der Waals surface area (Å²) in [5.74, 6) is -16.0. The highest BCUT2D eigenvalue weighted by Gasteiger charge is 2.56. The van der Waals surface area contributed by atoms with Crippen LogP contribution in [0, 0.1) is 17.8 Å². The van der Waals surface area contributed by atoms with Crippen molar-refractivity contribution < 1.29 is 50.6 Å². The summed E-state index contributed by atoms with van der Waals surface area (Å²) in [6.07, 6.45) is -13.2. The lowest BCUT2D eigenvalue weighted by molar-refractivity contribution is -0.185. The molecule has 22 heavy (non-hydrogen) atoms. The Labute approximate surface area is 118 Å². The quantitative estimate of drug-likeness (QED) is 0.625. The van der Waals surface area contributed by atoms with Gasteiger partial charge in [0, 0.05) is 0 Å². The van der Waals surface area contributed by atoms with E-state index in [1.165, 1.54) is 0 Å². The fourth-order valence-corrected chi connectivity index (χ4v) is 2.21. The molecule has 1 saturated carbocycles. The van der Waals surface area contributed by atoms with Crippen LogP contribution in [0.1, 0.15) is 12.8 Å². The zero-order chi connectivity index (χ0) is 17.5. The molecule has 0 aliphatic heterocycles. The van der Waals surface area contributed by atoms with Crippen LogP contribution in [0.3, 0.4) is 0 Å². The van der Waals surface area contributed by atoms with Crippen molar-refractivity contribution >= 4 is 23.3 Å². The first-order valence-electron chi connectivity index (χ1n) is 5.75. The lowest BCUT2D eigenvalue weighted by atomic mass is 9.71. The second-order valence-electron chi connectivity index (χ2n) is 4.74. The standard InChI is InChI=1S/C11H8F6O5/c12-10(13,14)7(19)4-1-3(9(21)22)2-5(6(4)18)8(20)11(15,16)17/h3-5H,1-2H2,(H,21,22). The Kier molecular flexibility index (Phi) is 4.68. The smallest absolute Gasteiger partial charge is 0.450 e. The number of ketones is 3. The fourth-order valence-electron chi connectivity index (χ4n) is 2.21. The lowest BCUT2D eigenvalue weighted by Crippen LogP contribution is -2.49. The van der Waals surface area contributed by atoms with Crippen LogP contribution in [0.25, 0.3) is 0 Å². The molecule has 2 unspecified atom stereocenters. The first-order chi connectivity index (χ1) is 9.76. The van der Waals surface area contributed by atoms with Crippen molar-refractivity contribution in [3.8, 4) is 0 Å². The number of rotatable bonds is 3. The number of alkyl halides is 6. The second-order valence-corrected chi connectivity index (χ2v) is 4.74. The molecule has 2 atom stereocenters. The number of aliphatic carboxylic acids is 1. The molecule has 1 aliphatic rings. The number of hydrogen-bond donors (Lipinski definition) is 1. The molecule has 0 bridgehead atoms. The van der Waals surface area contributed by atoms with Crippen molar-refractivity contribution in [3.63, 3.8) is 0 Å². The molecule has 0 heterocycles. The largest absolute Gasteiger partial charge is 0.481 e. The van der Waals surface area contributed by atoms with Gasteiger partial charge in [-0.05, 0) is 12.8 Å². The number of carboxylic acids is 1. The van der Waals surface area contributed by atoms with Crippen molar-refractivity contribution in [1.29, 1.82) is 0 Å². The van der Waals surface area contributed by atoms with Gasteiger partial charge in [-0.25, -0.2) is 0 Å². The van der Waals surface area contributed by atoms with Gasteiger partial charge in [0.05, 0.1) is 17.8 Å². The van der Waals surface area contributed by atoms with Crippen LogP contribution in [-0.4, -0.2) is 40.8 Å². The van der Waals surface area contributed by atoms with Crippen molar-refractivity contribution in [2.24, 2.45) is 17.8 Å². The van der Waals surface area contributed by atoms with Gasteiger partial charge in [-0.1, -0.05) is 0 Å². The van der Waals surface area contributed by atoms with Gasteiger partial charge in [0.25, 0.3) is 0 Å². The summed E-state index contributed by atoms with van der Waals surface area (Å²) in [5, 5.41) is 8.73. The van der Waals surface area contributed by atoms with E-state index in [2.05, 4.69) is 0 Å². The van der Waals surface area contributed by atoms with Crippen LogP contribution in [-0.2, 0) is 19.2 Å². The van der Waals surface area contributed by atoms with Gasteiger partial charge in [0.15, 0.2) is 5.78 Å². The van der Waals surface area contributed by atoms with E-state index in [1.807, 2.05) is 0 Å². The monoisotopic (exact) mass is 334 g/mol. The first kappa shape index (κ1) is 18.1. The SMILES string of the molecule is O=C(O)C1CC(C(=O)C(F)(F)F)C(=O)C(C(=O)C(F)(F)F)C1. The molecule has 0 amide bonds. The normalized spacial score (nSPS) is 26.6. The molecule has 1 N–H and O–H groups in total. The topological polar surface area (TPSA) is 88.5 Å². The number of carbonyl (C=O) groups excluding carboxylic acids is 3. The minimum Gasteiger partial charge on any atom is -0.481 e. The summed E-state index contributed by atoms with van der Waals surface area (Å²) in [6, 6.07) is 0. The molecular formula is C11H8F6O5. The predicted molar refractivity (Wildman–Crippen MR) is 54.5 cm³/mol. The van der Waals surface area contributed by atoms with Crippen LogP contribution in [0.15, 0.2) is 0 Å². The Morgan fingerprint density at radius 1 is 0.864 bits per heavy atom. The van der Waals surface area contributed by atoms with Gasteiger partial charge in [-0.15, -0.1) is 0 Å². The highest BCUT2D eigenvalue weighted by atomic mass is 19.4. The number of Topliss-reactive ketones (excluding diaryl/α,β-unsaturated/α-hetero) is 3. The van der Waals surface area contributed by atoms with E-state index in [9.17, 15) is 45.5 Å². The molecular weight excluding hydrogens is 326 g/mol. The highest BCUT2D eigenvalue weighted by molar-refractivity contribution is 6.14. The lowest BCUT2D eigenvalue weighted by Gasteiger charge is -2.30. The van der Waals surface area contributed by atoms with Crippen molar-refractivity contribution in [1.82, 2.24) is 0 Å². The number of carbonyl (C=O) groups is 4. The Bertz CT molecular complexity index is 482. The van der Waals surface area contributed by atoms with Crippen LogP contribution in [0.4, 0.5) is 26.3 Å². The highest BCUT2D eigenvalue weighted by Crippen LogP contribution is 2.38. The van der Waals surface area contributed by atoms with Crippen molar-refractivity contribution in [3.05, 3.63) is 0 Å². The fraction of sp³-hybridized carbons (Fsp3) is 0.636. The van der Waals surface area contributed by atoms with Gasteiger partial charge < -0.3 is 5.11 Å². The zero-order valence-electron chi connectivity index (χ0n) is 10.5. The maximum atomic E-state index is 12.3. The van der Waals surface area contributed by atoms with Gasteiger partial charge in [-0.3, -0.25) is 19.2 Å². The van der Waals surface area contributed by atoms with E-state index in [4.69, 9.17) is 5.11 Å². The van der Waals surface area contributed by atoms with E-state index in [0.717, 1.165) is 0 Å². The molecule has 11 heteroatoms. The average Bonchev–Trinajstić information content (AvgIpc) is 2.34. The molecule has 0 aromatic heterocycles. The molecule has 5 nitrogen and oxygen atoms in total. The summed E-state index contributed by atoms with van der Waals surface area (Å²) < 4.78 is 74.0. The Balaban J connectivity index is 3.20. The number of carboxylic acid groups (broad SMARTS) is 1. The van der Waals surface area contributed by atoms with Crippen molar-refractivity contribution in [2.45, 2.75) is 25.2 Å². The van der Waals surface area contributed by atoms with Gasteiger partial charge in [-0.2, -0.15) is 26.3 Å². The summed E-state index contributed by atoms with van der Waals surface area (Å²) in [5.41, 5.74) is 0. The van der Waals surface area contributed by atoms with Gasteiger partial charge in [0.1, 0.15) is 0 Å². The van der Waals surface area contributed by atoms with E-state index >= 15 is 0 Å². The molecule has 0 saturated heterocycles. The number of halogens is 6. The maximum absolute atomic E-state index is 12.3. The molecule has 1 rings (SSSR count). The third-order valence-corrected chi connectivity index (χ3v) is 3.27. The minimum atomic E-state index is -5.52. The zero-order valence-corrected chi connectivity index (χ0v) is 10.5. The summed E-state index contributed by atoms with van der Waals surface area (Å²) in [7, 11) is 0. The van der Waals surface area contributed by atoms with Gasteiger partial charge in [0.2, 0.25) is 11.6 Å². The maximum Gasteiger partial charge on any atom is 0.450 e. The van der Waals surface area contributed by atoms with Crippen LogP contribution >= 0.6 is 0 Å². The molecule has 1 aliphatic carbocycles. The molecule has 1 fully saturated rings. The molecule has 0 aromatic rings. The summed E-state index contributed by atoms with van der Waals surface area (Å²) in [6.45, 7) is 0. The number of hydrogen-bond acceptors (Lipinski definition) is 4. The average molecular weight is 334 g/mol. The minimum absolute atomic E-state index is 1.09. The third kappa shape index (κ3) is 3.63. The van der Waals surface area contributed by atoms with E-state index in [-0.39, 0.29) is 0 Å². The van der Waals surface area contributed by atoms with Crippen molar-refractivity contribution in [2.75, 3.05) is 0 Å². The summed E-state index contributed by atoms with van der Waals surface area (Å²) in [4.78, 5) is 44.6. The Morgan fingerprint density at radius 2 is 1.18 bits per heavy atom. The molecule has 0 radical (unpaired) electrons.